The Labute approximate surface area is 292 Å². The molecule has 2 amide bonds. The van der Waals surface area contributed by atoms with E-state index in [1.807, 2.05) is 0 Å². The third kappa shape index (κ3) is 16.8. The first-order valence-corrected chi connectivity index (χ1v) is 14.7. The molecule has 0 saturated heterocycles. The van der Waals surface area contributed by atoms with E-state index in [1.54, 1.807) is 0 Å². The maximum absolute atomic E-state index is 12.3. The Morgan fingerprint density at radius 1 is 0.615 bits per heavy atom. The van der Waals surface area contributed by atoms with Gasteiger partial charge in [-0.2, -0.15) is 0 Å². The van der Waals surface area contributed by atoms with Crippen LogP contribution in [0.25, 0.3) is 0 Å². The molecule has 0 aliphatic rings. The van der Waals surface area contributed by atoms with E-state index in [1.165, 1.54) is 13.8 Å². The van der Waals surface area contributed by atoms with Crippen molar-refractivity contribution in [3.05, 3.63) is 0 Å². The fourth-order valence-corrected chi connectivity index (χ4v) is 3.72. The molecular formula is C28H36N2O22. The highest BCUT2D eigenvalue weighted by molar-refractivity contribution is 6.30. The summed E-state index contributed by atoms with van der Waals surface area (Å²) in [5, 5.41) is 32.1. The van der Waals surface area contributed by atoms with Crippen LogP contribution in [-0.2, 0) is 90.7 Å². The molecule has 0 aliphatic heterocycles. The van der Waals surface area contributed by atoms with E-state index in [-0.39, 0.29) is 45.3 Å². The van der Waals surface area contributed by atoms with Crippen molar-refractivity contribution in [1.82, 2.24) is 10.6 Å². The summed E-state index contributed by atoms with van der Waals surface area (Å²) in [5.41, 5.74) is -2.79. The second-order valence-corrected chi connectivity index (χ2v) is 10.1. The van der Waals surface area contributed by atoms with Gasteiger partial charge in [0.05, 0.1) is 12.8 Å². The molecule has 0 aromatic carbocycles. The van der Waals surface area contributed by atoms with Crippen molar-refractivity contribution < 1.29 is 106 Å². The highest BCUT2D eigenvalue weighted by Crippen LogP contribution is 2.23. The van der Waals surface area contributed by atoms with Crippen LogP contribution in [0.2, 0.25) is 0 Å². The van der Waals surface area contributed by atoms with Gasteiger partial charge in [0.2, 0.25) is 11.8 Å². The van der Waals surface area contributed by atoms with Gasteiger partial charge in [-0.25, -0.2) is 24.0 Å². The minimum Gasteiger partial charge on any atom is -0.481 e. The quantitative estimate of drug-likeness (QED) is 0.0144. The van der Waals surface area contributed by atoms with Crippen molar-refractivity contribution in [1.29, 1.82) is 0 Å². The average molecular weight is 753 g/mol. The van der Waals surface area contributed by atoms with E-state index in [0.29, 0.717) is 0 Å². The zero-order valence-electron chi connectivity index (χ0n) is 27.6. The van der Waals surface area contributed by atoms with Crippen LogP contribution < -0.4 is 10.6 Å². The number of hydrogen-bond acceptors (Lipinski definition) is 19. The molecule has 2 atom stereocenters. The Bertz CT molecular complexity index is 1320. The molecule has 0 radical (unpaired) electrons. The van der Waals surface area contributed by atoms with E-state index in [0.717, 1.165) is 0 Å². The molecule has 0 aromatic heterocycles. The summed E-state index contributed by atoms with van der Waals surface area (Å²) < 4.78 is 31.9. The Balaban J connectivity index is 5.01. The largest absolute Gasteiger partial charge is 0.481 e. The Morgan fingerprint density at radius 2 is 1.02 bits per heavy atom. The van der Waals surface area contributed by atoms with E-state index in [4.69, 9.17) is 19.7 Å². The van der Waals surface area contributed by atoms with Gasteiger partial charge in [0.1, 0.15) is 38.3 Å². The Kier molecular flexibility index (Phi) is 20.3. The molecule has 0 spiro atoms. The van der Waals surface area contributed by atoms with Gasteiger partial charge in [0.25, 0.3) is 30.8 Å². The number of carboxylic acid groups (broad SMARTS) is 3. The van der Waals surface area contributed by atoms with E-state index in [2.05, 4.69) is 34.3 Å². The van der Waals surface area contributed by atoms with Gasteiger partial charge in [0, 0.05) is 13.1 Å². The number of amides is 2. The number of ether oxygens (including phenoxy) is 7. The smallest absolute Gasteiger partial charge is 0.420 e. The molecule has 290 valence electrons. The van der Waals surface area contributed by atoms with Gasteiger partial charge in [-0.1, -0.05) is 13.8 Å². The van der Waals surface area contributed by atoms with Gasteiger partial charge < -0.3 is 59.1 Å². The molecule has 2 unspecified atom stereocenters. The number of aliphatic carboxylic acids is 3. The number of carbonyl (C=O) groups excluding carboxylic acids is 9. The second kappa shape index (κ2) is 23.1. The fraction of sp³-hybridized carbons (Fsp3) is 0.571. The Hall–Kier alpha value is -6.36. The summed E-state index contributed by atoms with van der Waals surface area (Å²) in [4.78, 5) is 139. The third-order valence-corrected chi connectivity index (χ3v) is 6.22. The van der Waals surface area contributed by atoms with Crippen molar-refractivity contribution >= 4 is 73.0 Å². The number of nitrogens with one attached hydrogen (secondary N) is 2. The standard InChI is InChI=1S/C28H36N2O22/c1-3-16(49-22(40)24(42)51-27(26(44)45,11-46-13-31)12-47-14-32)7-18(34)29-5-6-30-19(35)8-17(4-2)50-23(41)25(43)52-28(48-15-33,9-20(36)37)10-21(38)39/h13-17H,3-12H2,1-2H3,(H,29,34)(H,30,35)(H,36,37)(H,38,39)(H,44,45). The van der Waals surface area contributed by atoms with Crippen LogP contribution in [0.5, 0.6) is 0 Å². The number of hydrogen-bond donors (Lipinski definition) is 5. The maximum atomic E-state index is 12.3. The third-order valence-electron chi connectivity index (χ3n) is 6.22. The summed E-state index contributed by atoms with van der Waals surface area (Å²) >= 11 is 0. The molecule has 52 heavy (non-hydrogen) atoms. The van der Waals surface area contributed by atoms with Crippen molar-refractivity contribution in [2.24, 2.45) is 0 Å². The zero-order valence-corrected chi connectivity index (χ0v) is 27.6. The fourth-order valence-electron chi connectivity index (χ4n) is 3.72. The monoisotopic (exact) mass is 752 g/mol. The van der Waals surface area contributed by atoms with Crippen LogP contribution in [0.15, 0.2) is 0 Å². The van der Waals surface area contributed by atoms with Crippen molar-refractivity contribution in [3.63, 3.8) is 0 Å². The van der Waals surface area contributed by atoms with Gasteiger partial charge in [-0.15, -0.1) is 0 Å². The number of carboxylic acids is 3. The van der Waals surface area contributed by atoms with Crippen molar-refractivity contribution in [3.8, 4) is 0 Å². The van der Waals surface area contributed by atoms with Crippen LogP contribution in [0, 0.1) is 0 Å². The molecule has 0 aliphatic carbocycles. The van der Waals surface area contributed by atoms with E-state index < -0.39 is 116 Å². The predicted molar refractivity (Wildman–Crippen MR) is 157 cm³/mol. The Morgan fingerprint density at radius 3 is 1.35 bits per heavy atom. The minimum absolute atomic E-state index is 0.0232. The van der Waals surface area contributed by atoms with Gasteiger partial charge in [-0.05, 0) is 12.8 Å². The van der Waals surface area contributed by atoms with E-state index >= 15 is 0 Å². The van der Waals surface area contributed by atoms with Crippen LogP contribution >= 0.6 is 0 Å². The number of rotatable bonds is 26. The normalized spacial score (nSPS) is 11.9. The summed E-state index contributed by atoms with van der Waals surface area (Å²) in [7, 11) is 0. The molecule has 0 saturated carbocycles. The lowest BCUT2D eigenvalue weighted by molar-refractivity contribution is -0.231. The van der Waals surface area contributed by atoms with Gasteiger partial charge >= 0.3 is 41.8 Å². The summed E-state index contributed by atoms with van der Waals surface area (Å²) in [5.74, 6) is -17.1. The molecule has 24 heteroatoms. The zero-order chi connectivity index (χ0) is 39.9. The van der Waals surface area contributed by atoms with Crippen LogP contribution in [0.3, 0.4) is 0 Å². The topological polar surface area (TPSA) is 354 Å². The van der Waals surface area contributed by atoms with Gasteiger partial charge in [-0.3, -0.25) is 33.6 Å². The first kappa shape index (κ1) is 45.6. The summed E-state index contributed by atoms with van der Waals surface area (Å²) in [6.45, 7) is -0.516. The molecule has 0 fully saturated rings. The average Bonchev–Trinajstić information content (AvgIpc) is 3.06. The van der Waals surface area contributed by atoms with Crippen molar-refractivity contribution in [2.75, 3.05) is 26.3 Å². The van der Waals surface area contributed by atoms with Crippen LogP contribution in [0.1, 0.15) is 52.4 Å². The molecule has 0 rings (SSSR count). The second-order valence-electron chi connectivity index (χ2n) is 10.1. The lowest BCUT2D eigenvalue weighted by atomic mass is 10.1. The highest BCUT2D eigenvalue weighted by atomic mass is 16.7. The lowest BCUT2D eigenvalue weighted by Gasteiger charge is -2.28. The number of carbonyl (C=O) groups is 12. The summed E-state index contributed by atoms with van der Waals surface area (Å²) in [6.07, 6.45) is -6.25. The summed E-state index contributed by atoms with van der Waals surface area (Å²) in [6, 6.07) is 0. The first-order chi connectivity index (χ1) is 24.4. The molecule has 0 heterocycles. The molecule has 0 aromatic rings. The number of esters is 4. The first-order valence-electron chi connectivity index (χ1n) is 14.7. The molecule has 5 N–H and O–H groups in total. The molecular weight excluding hydrogens is 716 g/mol. The van der Waals surface area contributed by atoms with Crippen LogP contribution in [0.4, 0.5) is 0 Å². The van der Waals surface area contributed by atoms with Crippen LogP contribution in [-0.4, -0.2) is 138 Å². The van der Waals surface area contributed by atoms with Crippen molar-refractivity contribution in [2.45, 2.75) is 76.0 Å². The SMILES string of the molecule is CCC(CC(=O)NCCNC(=O)CC(CC)OC(=O)C(=O)OC(COC=O)(COC=O)C(=O)O)OC(=O)C(=O)OC(CC(=O)O)(CC(=O)O)OC=O. The van der Waals surface area contributed by atoms with Gasteiger partial charge in [0.15, 0.2) is 0 Å². The maximum Gasteiger partial charge on any atom is 0.420 e. The minimum atomic E-state index is -2.87. The lowest BCUT2D eigenvalue weighted by Crippen LogP contribution is -2.52. The molecule has 0 bridgehead atoms. The highest BCUT2D eigenvalue weighted by Gasteiger charge is 2.47. The van der Waals surface area contributed by atoms with E-state index in [9.17, 15) is 62.6 Å². The molecule has 24 nitrogen and oxygen atoms in total. The predicted octanol–water partition coefficient (Wildman–Crippen LogP) is -3.28.